The molecule has 0 radical (unpaired) electrons. The number of hydrogen-bond acceptors (Lipinski definition) is 3. The summed E-state index contributed by atoms with van der Waals surface area (Å²) in [5.74, 6) is 0.329. The maximum Gasteiger partial charge on any atom is 0.230 e. The molecule has 3 aromatic rings. The molecule has 0 N–H and O–H groups in total. The van der Waals surface area contributed by atoms with Crippen LogP contribution in [0.4, 0.5) is 0 Å². The Morgan fingerprint density at radius 2 is 1.88 bits per heavy atom. The van der Waals surface area contributed by atoms with Crippen molar-refractivity contribution in [3.8, 4) is 0 Å². The highest BCUT2D eigenvalue weighted by Gasteiger charge is 2.37. The predicted molar refractivity (Wildman–Crippen MR) is 108 cm³/mol. The van der Waals surface area contributed by atoms with E-state index in [4.69, 9.17) is 0 Å². The van der Waals surface area contributed by atoms with Gasteiger partial charge in [0.25, 0.3) is 0 Å². The number of amides is 1. The van der Waals surface area contributed by atoms with Crippen molar-refractivity contribution < 1.29 is 4.79 Å². The second kappa shape index (κ2) is 6.67. The van der Waals surface area contributed by atoms with E-state index in [-0.39, 0.29) is 12.0 Å². The van der Waals surface area contributed by atoms with E-state index in [1.54, 1.807) is 11.3 Å². The molecule has 2 unspecified atom stereocenters. The van der Waals surface area contributed by atoms with Crippen LogP contribution in [0.2, 0.25) is 0 Å². The first-order valence-electron chi connectivity index (χ1n) is 9.31. The summed E-state index contributed by atoms with van der Waals surface area (Å²) < 4.78 is 0. The standard InChI is InChI=1S/C22H21NOS2/c24-22(17-8-3-6-15-5-1-2-7-16(15)17)23-12-10-19-18(11-14-26-19)21(23)20-9-4-13-25-20/h1-2,4-5,7,9,11,13-14,17,21H,3,6,8,10,12H2. The molecule has 2 atom stereocenters. The second-order valence-electron chi connectivity index (χ2n) is 7.14. The number of aryl methyl sites for hydroxylation is 1. The molecule has 5 rings (SSSR count). The summed E-state index contributed by atoms with van der Waals surface area (Å²) >= 11 is 3.59. The lowest BCUT2D eigenvalue weighted by atomic mass is 9.81. The lowest BCUT2D eigenvalue weighted by Gasteiger charge is -2.38. The van der Waals surface area contributed by atoms with Gasteiger partial charge in [-0.1, -0.05) is 30.3 Å². The fourth-order valence-electron chi connectivity index (χ4n) is 4.52. The van der Waals surface area contributed by atoms with Crippen LogP contribution in [0.15, 0.2) is 53.2 Å². The van der Waals surface area contributed by atoms with Crippen LogP contribution in [0.1, 0.15) is 51.2 Å². The molecule has 2 nitrogen and oxygen atoms in total. The number of benzene rings is 1. The van der Waals surface area contributed by atoms with E-state index in [2.05, 4.69) is 58.1 Å². The Labute approximate surface area is 162 Å². The zero-order valence-corrected chi connectivity index (χ0v) is 16.2. The molecule has 132 valence electrons. The van der Waals surface area contributed by atoms with Gasteiger partial charge in [-0.25, -0.2) is 0 Å². The van der Waals surface area contributed by atoms with Crippen LogP contribution in [0.5, 0.6) is 0 Å². The van der Waals surface area contributed by atoms with Gasteiger partial charge in [0, 0.05) is 16.3 Å². The van der Waals surface area contributed by atoms with E-state index in [1.165, 1.54) is 26.4 Å². The summed E-state index contributed by atoms with van der Waals surface area (Å²) in [6.45, 7) is 0.827. The number of fused-ring (bicyclic) bond motifs is 2. The van der Waals surface area contributed by atoms with Gasteiger partial charge in [-0.3, -0.25) is 4.79 Å². The molecule has 0 fully saturated rings. The van der Waals surface area contributed by atoms with Gasteiger partial charge in [0.15, 0.2) is 0 Å². The second-order valence-corrected chi connectivity index (χ2v) is 9.12. The summed E-state index contributed by atoms with van der Waals surface area (Å²) in [5, 5.41) is 4.30. The smallest absolute Gasteiger partial charge is 0.230 e. The number of hydrogen-bond donors (Lipinski definition) is 0. The fourth-order valence-corrected chi connectivity index (χ4v) is 6.28. The SMILES string of the molecule is O=C(C1CCCc2ccccc21)N1CCc2sccc2C1c1cccs1. The van der Waals surface area contributed by atoms with Crippen LogP contribution in [-0.4, -0.2) is 17.4 Å². The van der Waals surface area contributed by atoms with Crippen molar-refractivity contribution in [2.75, 3.05) is 6.54 Å². The quantitative estimate of drug-likeness (QED) is 0.583. The Kier molecular flexibility index (Phi) is 4.18. The van der Waals surface area contributed by atoms with E-state index in [1.807, 2.05) is 11.3 Å². The average Bonchev–Trinajstić information content (AvgIpc) is 3.38. The molecule has 1 aliphatic carbocycles. The molecule has 0 spiro atoms. The van der Waals surface area contributed by atoms with Crippen LogP contribution in [0, 0.1) is 0 Å². The Hall–Kier alpha value is -1.91. The third kappa shape index (κ3) is 2.63. The molecule has 1 aliphatic heterocycles. The Morgan fingerprint density at radius 3 is 2.77 bits per heavy atom. The molecule has 2 aliphatic rings. The van der Waals surface area contributed by atoms with Gasteiger partial charge in [0.2, 0.25) is 5.91 Å². The van der Waals surface area contributed by atoms with Gasteiger partial charge < -0.3 is 4.90 Å². The minimum atomic E-state index is 0.0163. The highest BCUT2D eigenvalue weighted by Crippen LogP contribution is 2.42. The molecule has 1 amide bonds. The topological polar surface area (TPSA) is 20.3 Å². The van der Waals surface area contributed by atoms with Crippen LogP contribution in [0.3, 0.4) is 0 Å². The van der Waals surface area contributed by atoms with Crippen molar-refractivity contribution in [2.45, 2.75) is 37.6 Å². The molecule has 2 aromatic heterocycles. The zero-order chi connectivity index (χ0) is 17.5. The number of carbonyl (C=O) groups excluding carboxylic acids is 1. The Bertz CT molecular complexity index is 927. The van der Waals surface area contributed by atoms with E-state index < -0.39 is 0 Å². The van der Waals surface area contributed by atoms with E-state index in [9.17, 15) is 4.79 Å². The molecular weight excluding hydrogens is 358 g/mol. The van der Waals surface area contributed by atoms with Gasteiger partial charge >= 0.3 is 0 Å². The minimum Gasteiger partial charge on any atom is -0.330 e. The van der Waals surface area contributed by atoms with Gasteiger partial charge in [0.1, 0.15) is 0 Å². The fraction of sp³-hybridized carbons (Fsp3) is 0.318. The molecule has 4 heteroatoms. The Morgan fingerprint density at radius 1 is 0.962 bits per heavy atom. The summed E-state index contributed by atoms with van der Waals surface area (Å²) in [4.78, 5) is 18.6. The van der Waals surface area contributed by atoms with Crippen molar-refractivity contribution in [2.24, 2.45) is 0 Å². The van der Waals surface area contributed by atoms with Crippen molar-refractivity contribution >= 4 is 28.6 Å². The molecule has 0 saturated heterocycles. The van der Waals surface area contributed by atoms with E-state index >= 15 is 0 Å². The molecule has 3 heterocycles. The van der Waals surface area contributed by atoms with Crippen molar-refractivity contribution in [3.63, 3.8) is 0 Å². The van der Waals surface area contributed by atoms with E-state index in [0.717, 1.165) is 32.2 Å². The first-order chi connectivity index (χ1) is 12.8. The summed E-state index contributed by atoms with van der Waals surface area (Å²) in [6, 6.07) is 15.1. The molecule has 26 heavy (non-hydrogen) atoms. The largest absolute Gasteiger partial charge is 0.330 e. The number of nitrogens with zero attached hydrogens (tertiary/aromatic N) is 1. The van der Waals surface area contributed by atoms with Crippen LogP contribution >= 0.6 is 22.7 Å². The van der Waals surface area contributed by atoms with Gasteiger partial charge in [-0.05, 0) is 65.3 Å². The third-order valence-electron chi connectivity index (χ3n) is 5.73. The van der Waals surface area contributed by atoms with Gasteiger partial charge in [-0.2, -0.15) is 0 Å². The number of rotatable bonds is 2. The molecule has 0 saturated carbocycles. The first-order valence-corrected chi connectivity index (χ1v) is 11.1. The van der Waals surface area contributed by atoms with Crippen LogP contribution in [-0.2, 0) is 17.6 Å². The third-order valence-corrected chi connectivity index (χ3v) is 7.65. The van der Waals surface area contributed by atoms with Crippen molar-refractivity contribution in [1.29, 1.82) is 0 Å². The summed E-state index contributed by atoms with van der Waals surface area (Å²) in [5.41, 5.74) is 3.95. The van der Waals surface area contributed by atoms with Crippen molar-refractivity contribution in [3.05, 3.63) is 79.7 Å². The van der Waals surface area contributed by atoms with Gasteiger partial charge in [0.05, 0.1) is 12.0 Å². The van der Waals surface area contributed by atoms with E-state index in [0.29, 0.717) is 5.91 Å². The highest BCUT2D eigenvalue weighted by atomic mass is 32.1. The number of thiophene rings is 2. The summed E-state index contributed by atoms with van der Waals surface area (Å²) in [7, 11) is 0. The lowest BCUT2D eigenvalue weighted by molar-refractivity contribution is -0.135. The van der Waals surface area contributed by atoms with Crippen molar-refractivity contribution in [1.82, 2.24) is 4.90 Å². The monoisotopic (exact) mass is 379 g/mol. The predicted octanol–water partition coefficient (Wildman–Crippen LogP) is 5.40. The average molecular weight is 380 g/mol. The maximum absolute atomic E-state index is 13.7. The van der Waals surface area contributed by atoms with Crippen LogP contribution < -0.4 is 0 Å². The summed E-state index contributed by atoms with van der Waals surface area (Å²) in [6.07, 6.45) is 4.16. The normalized spacial score (nSPS) is 21.9. The first kappa shape index (κ1) is 16.3. The Balaban J connectivity index is 1.54. The molecule has 0 bridgehead atoms. The number of carbonyl (C=O) groups is 1. The molecule has 1 aromatic carbocycles. The molecular formula is C22H21NOS2. The maximum atomic E-state index is 13.7. The highest BCUT2D eigenvalue weighted by molar-refractivity contribution is 7.10. The minimum absolute atomic E-state index is 0.0163. The van der Waals surface area contributed by atoms with Crippen LogP contribution in [0.25, 0.3) is 0 Å². The zero-order valence-electron chi connectivity index (χ0n) is 14.6. The lowest BCUT2D eigenvalue weighted by Crippen LogP contribution is -2.43. The van der Waals surface area contributed by atoms with Gasteiger partial charge in [-0.15, -0.1) is 22.7 Å².